The third kappa shape index (κ3) is 3.27. The lowest BCUT2D eigenvalue weighted by Crippen LogP contribution is -2.09. The zero-order chi connectivity index (χ0) is 20.7. The van der Waals surface area contributed by atoms with E-state index in [0.29, 0.717) is 17.8 Å². The predicted octanol–water partition coefficient (Wildman–Crippen LogP) is 6.00. The lowest BCUT2D eigenvalue weighted by molar-refractivity contribution is 0.308. The molecular weight excluding hydrogens is 392 g/mol. The van der Waals surface area contributed by atoms with Crippen molar-refractivity contribution >= 4 is 32.3 Å². The van der Waals surface area contributed by atoms with Gasteiger partial charge in [-0.15, -0.1) is 11.3 Å². The SMILES string of the molecule is Cc1sc2nc(-c3ccc(OCc4cccc5ccccc45)cc3)[nH]c(=O)c2c1C. The summed E-state index contributed by atoms with van der Waals surface area (Å²) in [6, 6.07) is 22.2. The van der Waals surface area contributed by atoms with Gasteiger partial charge in [0.2, 0.25) is 0 Å². The van der Waals surface area contributed by atoms with Crippen LogP contribution >= 0.6 is 11.3 Å². The number of aromatic amines is 1. The summed E-state index contributed by atoms with van der Waals surface area (Å²) in [6.45, 7) is 4.48. The lowest BCUT2D eigenvalue weighted by Gasteiger charge is -2.10. The summed E-state index contributed by atoms with van der Waals surface area (Å²) in [7, 11) is 0. The van der Waals surface area contributed by atoms with E-state index in [0.717, 1.165) is 32.1 Å². The Morgan fingerprint density at radius 1 is 0.967 bits per heavy atom. The van der Waals surface area contributed by atoms with Crippen molar-refractivity contribution in [2.24, 2.45) is 0 Å². The number of hydrogen-bond donors (Lipinski definition) is 1. The van der Waals surface area contributed by atoms with E-state index in [4.69, 9.17) is 4.74 Å². The topological polar surface area (TPSA) is 55.0 Å². The van der Waals surface area contributed by atoms with Crippen LogP contribution in [0, 0.1) is 13.8 Å². The van der Waals surface area contributed by atoms with Gasteiger partial charge < -0.3 is 9.72 Å². The molecule has 5 aromatic rings. The van der Waals surface area contributed by atoms with Gasteiger partial charge in [0, 0.05) is 10.4 Å². The molecule has 0 fully saturated rings. The minimum absolute atomic E-state index is 0.0897. The van der Waals surface area contributed by atoms with Crippen LogP contribution < -0.4 is 10.3 Å². The standard InChI is InChI=1S/C25H20N2O2S/c1-15-16(2)30-25-22(15)24(28)26-23(27-25)18-10-12-20(13-11-18)29-14-19-8-5-7-17-6-3-4-9-21(17)19/h3-13H,14H2,1-2H3,(H,26,27,28). The summed E-state index contributed by atoms with van der Waals surface area (Å²) in [5.74, 6) is 1.35. The van der Waals surface area contributed by atoms with Crippen LogP contribution in [0.3, 0.4) is 0 Å². The van der Waals surface area contributed by atoms with Crippen LogP contribution in [-0.2, 0) is 6.61 Å². The molecule has 3 aromatic carbocycles. The average molecular weight is 413 g/mol. The Morgan fingerprint density at radius 2 is 1.73 bits per heavy atom. The first kappa shape index (κ1) is 18.6. The van der Waals surface area contributed by atoms with Crippen molar-refractivity contribution in [1.82, 2.24) is 9.97 Å². The quantitative estimate of drug-likeness (QED) is 0.394. The maximum absolute atomic E-state index is 12.5. The monoisotopic (exact) mass is 412 g/mol. The molecule has 0 saturated carbocycles. The van der Waals surface area contributed by atoms with E-state index in [9.17, 15) is 4.79 Å². The molecule has 4 nitrogen and oxygen atoms in total. The molecule has 2 aromatic heterocycles. The van der Waals surface area contributed by atoms with Crippen molar-refractivity contribution < 1.29 is 4.74 Å². The minimum Gasteiger partial charge on any atom is -0.489 e. The Kier molecular flexibility index (Phi) is 4.60. The summed E-state index contributed by atoms with van der Waals surface area (Å²) < 4.78 is 6.01. The molecule has 0 unspecified atom stereocenters. The summed E-state index contributed by atoms with van der Waals surface area (Å²) >= 11 is 1.56. The van der Waals surface area contributed by atoms with E-state index in [1.807, 2.05) is 50.2 Å². The number of ether oxygens (including phenoxy) is 1. The molecule has 0 bridgehead atoms. The first-order chi connectivity index (χ1) is 14.6. The molecule has 2 heterocycles. The van der Waals surface area contributed by atoms with E-state index in [-0.39, 0.29) is 5.56 Å². The zero-order valence-corrected chi connectivity index (χ0v) is 17.5. The second-order valence-electron chi connectivity index (χ2n) is 7.33. The molecule has 0 amide bonds. The highest BCUT2D eigenvalue weighted by molar-refractivity contribution is 7.18. The molecule has 148 valence electrons. The van der Waals surface area contributed by atoms with Gasteiger partial charge in [0.25, 0.3) is 5.56 Å². The Hall–Kier alpha value is -3.44. The Balaban J connectivity index is 1.39. The Morgan fingerprint density at radius 3 is 2.57 bits per heavy atom. The van der Waals surface area contributed by atoms with E-state index in [2.05, 4.69) is 40.3 Å². The van der Waals surface area contributed by atoms with Crippen molar-refractivity contribution in [2.75, 3.05) is 0 Å². The molecule has 0 radical (unpaired) electrons. The third-order valence-electron chi connectivity index (χ3n) is 5.44. The van der Waals surface area contributed by atoms with Crippen molar-refractivity contribution in [1.29, 1.82) is 0 Å². The number of hydrogen-bond acceptors (Lipinski definition) is 4. The fourth-order valence-electron chi connectivity index (χ4n) is 3.68. The molecule has 0 aliphatic carbocycles. The largest absolute Gasteiger partial charge is 0.489 e. The smallest absolute Gasteiger partial charge is 0.260 e. The van der Waals surface area contributed by atoms with Crippen LogP contribution in [0.4, 0.5) is 0 Å². The van der Waals surface area contributed by atoms with Crippen LogP contribution in [0.1, 0.15) is 16.0 Å². The van der Waals surface area contributed by atoms with Gasteiger partial charge in [0.05, 0.1) is 5.39 Å². The number of benzene rings is 3. The number of nitrogens with zero attached hydrogens (tertiary/aromatic N) is 1. The molecule has 1 N–H and O–H groups in total. The summed E-state index contributed by atoms with van der Waals surface area (Å²) in [6.07, 6.45) is 0. The highest BCUT2D eigenvalue weighted by Gasteiger charge is 2.12. The molecule has 0 spiro atoms. The molecular formula is C25H20N2O2S. The van der Waals surface area contributed by atoms with Gasteiger partial charge >= 0.3 is 0 Å². The molecule has 5 heteroatoms. The van der Waals surface area contributed by atoms with Crippen LogP contribution in [0.25, 0.3) is 32.4 Å². The van der Waals surface area contributed by atoms with Crippen LogP contribution in [0.2, 0.25) is 0 Å². The molecule has 0 aliphatic rings. The predicted molar refractivity (Wildman–Crippen MR) is 123 cm³/mol. The third-order valence-corrected chi connectivity index (χ3v) is 6.54. The molecule has 30 heavy (non-hydrogen) atoms. The average Bonchev–Trinajstić information content (AvgIpc) is 3.06. The second-order valence-corrected chi connectivity index (χ2v) is 8.53. The first-order valence-corrected chi connectivity index (χ1v) is 10.6. The molecule has 5 rings (SSSR count). The number of thiophene rings is 1. The summed E-state index contributed by atoms with van der Waals surface area (Å²) in [5.41, 5.74) is 2.92. The van der Waals surface area contributed by atoms with Crippen molar-refractivity contribution in [3.63, 3.8) is 0 Å². The molecule has 0 saturated heterocycles. The maximum Gasteiger partial charge on any atom is 0.260 e. The van der Waals surface area contributed by atoms with Gasteiger partial charge in [-0.1, -0.05) is 42.5 Å². The fourth-order valence-corrected chi connectivity index (χ4v) is 4.71. The first-order valence-electron chi connectivity index (χ1n) is 9.80. The van der Waals surface area contributed by atoms with Crippen molar-refractivity contribution in [3.8, 4) is 17.1 Å². The number of aromatic nitrogens is 2. The number of aryl methyl sites for hydroxylation is 2. The van der Waals surface area contributed by atoms with E-state index >= 15 is 0 Å². The van der Waals surface area contributed by atoms with Crippen molar-refractivity contribution in [3.05, 3.63) is 93.1 Å². The summed E-state index contributed by atoms with van der Waals surface area (Å²) in [5, 5.41) is 3.10. The number of fused-ring (bicyclic) bond motifs is 2. The van der Waals surface area contributed by atoms with Gasteiger partial charge in [0.15, 0.2) is 0 Å². The molecule has 0 atom stereocenters. The van der Waals surface area contributed by atoms with Gasteiger partial charge in [0.1, 0.15) is 23.0 Å². The maximum atomic E-state index is 12.5. The fraction of sp³-hybridized carbons (Fsp3) is 0.120. The lowest BCUT2D eigenvalue weighted by atomic mass is 10.1. The number of rotatable bonds is 4. The van der Waals surface area contributed by atoms with Gasteiger partial charge in [-0.3, -0.25) is 4.79 Å². The highest BCUT2D eigenvalue weighted by Crippen LogP contribution is 2.28. The highest BCUT2D eigenvalue weighted by atomic mass is 32.1. The van der Waals surface area contributed by atoms with Gasteiger partial charge in [-0.05, 0) is 60.0 Å². The van der Waals surface area contributed by atoms with Crippen LogP contribution in [0.15, 0.2) is 71.5 Å². The Labute approximate surface area is 177 Å². The Bertz CT molecular complexity index is 1430. The normalized spacial score (nSPS) is 11.3. The van der Waals surface area contributed by atoms with Crippen molar-refractivity contribution in [2.45, 2.75) is 20.5 Å². The summed E-state index contributed by atoms with van der Waals surface area (Å²) in [4.78, 5) is 22.0. The second kappa shape index (κ2) is 7.43. The van der Waals surface area contributed by atoms with Crippen LogP contribution in [0.5, 0.6) is 5.75 Å². The van der Waals surface area contributed by atoms with Crippen LogP contribution in [-0.4, -0.2) is 9.97 Å². The minimum atomic E-state index is -0.0897. The molecule has 0 aliphatic heterocycles. The van der Waals surface area contributed by atoms with Gasteiger partial charge in [-0.2, -0.15) is 0 Å². The van der Waals surface area contributed by atoms with E-state index in [1.165, 1.54) is 10.8 Å². The number of nitrogens with one attached hydrogen (secondary N) is 1. The van der Waals surface area contributed by atoms with Gasteiger partial charge in [-0.25, -0.2) is 4.98 Å². The zero-order valence-electron chi connectivity index (χ0n) is 16.7. The van der Waals surface area contributed by atoms with E-state index in [1.54, 1.807) is 11.3 Å². The van der Waals surface area contributed by atoms with E-state index < -0.39 is 0 Å². The number of H-pyrrole nitrogens is 1.